The number of carbonyl (C=O) groups excluding carboxylic acids is 2. The summed E-state index contributed by atoms with van der Waals surface area (Å²) in [6.07, 6.45) is 2.43. The van der Waals surface area contributed by atoms with Gasteiger partial charge in [-0.3, -0.25) is 4.79 Å². The number of ether oxygens (including phenoxy) is 1. The highest BCUT2D eigenvalue weighted by molar-refractivity contribution is 5.80. The molecule has 0 radical (unpaired) electrons. The average molecular weight is 246 g/mol. The Bertz CT molecular complexity index is 200. The number of hydrogen-bond acceptors (Lipinski definition) is 4. The molecule has 0 aromatic rings. The van der Waals surface area contributed by atoms with Crippen molar-refractivity contribution in [3.05, 3.63) is 0 Å². The van der Waals surface area contributed by atoms with Crippen molar-refractivity contribution in [3.8, 4) is 0 Å². The minimum atomic E-state index is -0.265. The van der Waals surface area contributed by atoms with Crippen LogP contribution in [0.5, 0.6) is 0 Å². The van der Waals surface area contributed by atoms with E-state index in [0.717, 1.165) is 12.8 Å². The molecule has 0 bridgehead atoms. The molecule has 0 aromatic carbocycles. The molecular formula is C13H26O4. The lowest BCUT2D eigenvalue weighted by Crippen LogP contribution is -2.07. The largest absolute Gasteiger partial charge is 0.466 e. The molecule has 17 heavy (non-hydrogen) atoms. The van der Waals surface area contributed by atoms with E-state index in [2.05, 4.69) is 0 Å². The fraction of sp³-hybridized carbons (Fsp3) is 0.846. The summed E-state index contributed by atoms with van der Waals surface area (Å²) in [6, 6.07) is 0. The molecule has 0 saturated heterocycles. The fourth-order valence-electron chi connectivity index (χ4n) is 0.681. The molecule has 1 N–H and O–H groups in total. The summed E-state index contributed by atoms with van der Waals surface area (Å²) in [5.74, 6) is 0.205. The molecule has 0 aliphatic carbocycles. The maximum absolute atomic E-state index is 10.8. The molecule has 0 amide bonds. The molecule has 0 atom stereocenters. The zero-order valence-corrected chi connectivity index (χ0v) is 11.5. The first-order chi connectivity index (χ1) is 7.93. The summed E-state index contributed by atoms with van der Waals surface area (Å²) in [7, 11) is 0. The lowest BCUT2D eigenvalue weighted by molar-refractivity contribution is -0.144. The molecule has 0 unspecified atom stereocenters. The van der Waals surface area contributed by atoms with E-state index in [1.807, 2.05) is 20.8 Å². The van der Waals surface area contributed by atoms with Crippen molar-refractivity contribution in [1.82, 2.24) is 0 Å². The number of carbonyl (C=O) groups is 2. The van der Waals surface area contributed by atoms with Crippen LogP contribution >= 0.6 is 0 Å². The van der Waals surface area contributed by atoms with Gasteiger partial charge in [-0.2, -0.15) is 0 Å². The van der Waals surface area contributed by atoms with E-state index < -0.39 is 0 Å². The normalized spacial score (nSPS) is 9.53. The first kappa shape index (κ1) is 18.5. The predicted octanol–water partition coefficient (Wildman–Crippen LogP) is 2.33. The molecule has 102 valence electrons. The van der Waals surface area contributed by atoms with Crippen molar-refractivity contribution in [3.63, 3.8) is 0 Å². The maximum Gasteiger partial charge on any atom is 0.306 e. The van der Waals surface area contributed by atoms with Gasteiger partial charge in [-0.1, -0.05) is 27.2 Å². The van der Waals surface area contributed by atoms with Gasteiger partial charge in [-0.05, 0) is 19.3 Å². The van der Waals surface area contributed by atoms with E-state index >= 15 is 0 Å². The number of rotatable bonds is 7. The second kappa shape index (κ2) is 13.2. The van der Waals surface area contributed by atoms with Gasteiger partial charge in [0.1, 0.15) is 5.78 Å². The smallest absolute Gasteiger partial charge is 0.306 e. The molecule has 0 aromatic heterocycles. The topological polar surface area (TPSA) is 63.6 Å². The average Bonchev–Trinajstić information content (AvgIpc) is 2.27. The second-order valence-corrected chi connectivity index (χ2v) is 4.35. The van der Waals surface area contributed by atoms with Gasteiger partial charge in [-0.15, -0.1) is 0 Å². The lowest BCUT2D eigenvalue weighted by atomic mass is 10.2. The number of hydrogen-bond donors (Lipinski definition) is 1. The minimum Gasteiger partial charge on any atom is -0.466 e. The van der Waals surface area contributed by atoms with Gasteiger partial charge in [0, 0.05) is 13.0 Å². The Morgan fingerprint density at radius 2 is 1.76 bits per heavy atom. The van der Waals surface area contributed by atoms with Crippen LogP contribution in [-0.4, -0.2) is 30.1 Å². The molecule has 0 aliphatic rings. The molecule has 0 aliphatic heterocycles. The zero-order valence-electron chi connectivity index (χ0n) is 11.5. The Morgan fingerprint density at radius 3 is 2.12 bits per heavy atom. The van der Waals surface area contributed by atoms with Gasteiger partial charge in [0.15, 0.2) is 0 Å². The highest BCUT2D eigenvalue weighted by atomic mass is 16.5. The number of ketones is 1. The Morgan fingerprint density at radius 1 is 1.24 bits per heavy atom. The summed E-state index contributed by atoms with van der Waals surface area (Å²) in [5, 5.41) is 8.14. The Kier molecular flexibility index (Phi) is 14.3. The third kappa shape index (κ3) is 21.0. The quantitative estimate of drug-likeness (QED) is 0.553. The minimum absolute atomic E-state index is 0.0300. The van der Waals surface area contributed by atoms with E-state index in [1.165, 1.54) is 6.92 Å². The highest BCUT2D eigenvalue weighted by Crippen LogP contribution is 1.95. The van der Waals surface area contributed by atoms with E-state index in [9.17, 15) is 9.59 Å². The summed E-state index contributed by atoms with van der Waals surface area (Å²) < 4.78 is 4.84. The molecule has 0 rings (SSSR count). The van der Waals surface area contributed by atoms with Gasteiger partial charge < -0.3 is 14.6 Å². The first-order valence-electron chi connectivity index (χ1n) is 6.19. The Labute approximate surface area is 104 Å². The van der Waals surface area contributed by atoms with Gasteiger partial charge in [0.25, 0.3) is 0 Å². The van der Waals surface area contributed by atoms with Crippen LogP contribution in [0.2, 0.25) is 0 Å². The van der Waals surface area contributed by atoms with Crippen LogP contribution in [0.4, 0.5) is 0 Å². The van der Waals surface area contributed by atoms with E-state index in [-0.39, 0.29) is 18.2 Å². The molecule has 0 heterocycles. The van der Waals surface area contributed by atoms with Crippen LogP contribution in [0.15, 0.2) is 0 Å². The van der Waals surface area contributed by atoms with Gasteiger partial charge in [0.05, 0.1) is 13.0 Å². The van der Waals surface area contributed by atoms with Gasteiger partial charge >= 0.3 is 5.97 Å². The van der Waals surface area contributed by atoms with Crippen molar-refractivity contribution >= 4 is 11.8 Å². The van der Waals surface area contributed by atoms with E-state index in [0.29, 0.717) is 25.6 Å². The number of esters is 1. The highest BCUT2D eigenvalue weighted by Gasteiger charge is 2.03. The molecule has 4 nitrogen and oxygen atoms in total. The van der Waals surface area contributed by atoms with Crippen LogP contribution in [0.3, 0.4) is 0 Å². The first-order valence-corrected chi connectivity index (χ1v) is 6.19. The second-order valence-electron chi connectivity index (χ2n) is 4.35. The van der Waals surface area contributed by atoms with Crippen molar-refractivity contribution in [2.45, 2.75) is 53.4 Å². The van der Waals surface area contributed by atoms with Crippen LogP contribution in [0.25, 0.3) is 0 Å². The number of aliphatic hydroxyl groups excluding tert-OH is 1. The Balaban J connectivity index is 0. The SMILES string of the molecule is CC(C)CO.CCCCOC(=O)CCC(C)=O. The number of Topliss-reactive ketones (excluding diaryl/α,β-unsaturated/α-hetero) is 1. The van der Waals surface area contributed by atoms with Crippen LogP contribution in [0, 0.1) is 5.92 Å². The van der Waals surface area contributed by atoms with Crippen LogP contribution in [-0.2, 0) is 14.3 Å². The number of aliphatic hydroxyl groups is 1. The molecule has 0 spiro atoms. The third-order valence-electron chi connectivity index (χ3n) is 1.81. The maximum atomic E-state index is 10.8. The fourth-order valence-corrected chi connectivity index (χ4v) is 0.681. The molecule has 4 heteroatoms. The Hall–Kier alpha value is -0.900. The van der Waals surface area contributed by atoms with Crippen molar-refractivity contribution < 1.29 is 19.4 Å². The zero-order chi connectivity index (χ0) is 13.7. The summed E-state index contributed by atoms with van der Waals surface area (Å²) in [6.45, 7) is 8.23. The summed E-state index contributed by atoms with van der Waals surface area (Å²) in [5.41, 5.74) is 0. The van der Waals surface area contributed by atoms with E-state index in [1.54, 1.807) is 0 Å². The van der Waals surface area contributed by atoms with Crippen LogP contribution < -0.4 is 0 Å². The third-order valence-corrected chi connectivity index (χ3v) is 1.81. The summed E-state index contributed by atoms with van der Waals surface area (Å²) >= 11 is 0. The van der Waals surface area contributed by atoms with Gasteiger partial charge in [-0.25, -0.2) is 0 Å². The van der Waals surface area contributed by atoms with Crippen molar-refractivity contribution in [1.29, 1.82) is 0 Å². The standard InChI is InChI=1S/C9H16O3.C4H10O/c1-3-4-7-12-9(11)6-5-8(2)10;1-4(2)3-5/h3-7H2,1-2H3;4-5H,3H2,1-2H3. The van der Waals surface area contributed by atoms with Crippen LogP contribution in [0.1, 0.15) is 53.4 Å². The molecule has 0 fully saturated rings. The van der Waals surface area contributed by atoms with E-state index in [4.69, 9.17) is 9.84 Å². The molecular weight excluding hydrogens is 220 g/mol. The number of unbranched alkanes of at least 4 members (excludes halogenated alkanes) is 1. The summed E-state index contributed by atoms with van der Waals surface area (Å²) in [4.78, 5) is 21.3. The van der Waals surface area contributed by atoms with Gasteiger partial charge in [0.2, 0.25) is 0 Å². The van der Waals surface area contributed by atoms with Crippen molar-refractivity contribution in [2.24, 2.45) is 5.92 Å². The van der Waals surface area contributed by atoms with Crippen molar-refractivity contribution in [2.75, 3.05) is 13.2 Å². The molecule has 0 saturated carbocycles. The monoisotopic (exact) mass is 246 g/mol. The predicted molar refractivity (Wildman–Crippen MR) is 67.7 cm³/mol. The lowest BCUT2D eigenvalue weighted by Gasteiger charge is -2.01.